The lowest BCUT2D eigenvalue weighted by atomic mass is 9.87. The number of piperidine rings is 1. The smallest absolute Gasteiger partial charge is 0.415 e. The first kappa shape index (κ1) is 20.1. The Balaban J connectivity index is 1.63. The van der Waals surface area contributed by atoms with E-state index in [0.29, 0.717) is 31.6 Å². The molecule has 1 spiro atoms. The number of amides is 4. The van der Waals surface area contributed by atoms with Gasteiger partial charge >= 0.3 is 12.1 Å². The van der Waals surface area contributed by atoms with Crippen LogP contribution in [0.5, 0.6) is 0 Å². The maximum atomic E-state index is 12.5. The number of aromatic nitrogens is 1. The van der Waals surface area contributed by atoms with Gasteiger partial charge in [0.05, 0.1) is 11.3 Å². The number of carbonyl (C=O) groups is 3. The summed E-state index contributed by atoms with van der Waals surface area (Å²) in [5, 5.41) is 2.35. The van der Waals surface area contributed by atoms with Crippen molar-refractivity contribution >= 4 is 29.6 Å². The molecule has 0 aromatic carbocycles. The molecule has 150 valence electrons. The average molecular weight is 407 g/mol. The second kappa shape index (κ2) is 7.09. The number of halogens is 1. The Bertz CT molecular complexity index is 841. The second-order valence-corrected chi connectivity index (χ2v) is 8.26. The molecule has 3 rings (SSSR count). The lowest BCUT2D eigenvalue weighted by Crippen LogP contribution is -2.52. The van der Waals surface area contributed by atoms with Crippen molar-refractivity contribution in [3.63, 3.8) is 0 Å². The molecule has 4 amide bonds. The van der Waals surface area contributed by atoms with E-state index in [4.69, 9.17) is 16.3 Å². The minimum absolute atomic E-state index is 0.0295. The SMILES string of the molecule is C=C1N(C(C)(C)C)C(=O)OC12CCN(C(=O)NC(=O)c1cccnc1Cl)CC2. The molecule has 28 heavy (non-hydrogen) atoms. The first-order chi connectivity index (χ1) is 13.0. The summed E-state index contributed by atoms with van der Waals surface area (Å²) in [4.78, 5) is 43.9. The fourth-order valence-corrected chi connectivity index (χ4v) is 3.73. The molecule has 0 saturated carbocycles. The molecule has 0 atom stereocenters. The highest BCUT2D eigenvalue weighted by Gasteiger charge is 2.53. The van der Waals surface area contributed by atoms with E-state index in [2.05, 4.69) is 16.9 Å². The summed E-state index contributed by atoms with van der Waals surface area (Å²) in [5.41, 5.74) is -0.507. The van der Waals surface area contributed by atoms with Crippen LogP contribution in [0.2, 0.25) is 5.15 Å². The monoisotopic (exact) mass is 406 g/mol. The molecule has 1 aromatic heterocycles. The number of rotatable bonds is 1. The van der Waals surface area contributed by atoms with E-state index in [0.717, 1.165) is 0 Å². The molecule has 1 N–H and O–H groups in total. The normalized spacial score (nSPS) is 19.0. The maximum absolute atomic E-state index is 12.5. The summed E-state index contributed by atoms with van der Waals surface area (Å²) >= 11 is 5.89. The summed E-state index contributed by atoms with van der Waals surface area (Å²) in [6.07, 6.45) is 1.87. The number of pyridine rings is 1. The number of nitrogens with zero attached hydrogens (tertiary/aromatic N) is 3. The van der Waals surface area contributed by atoms with Crippen molar-refractivity contribution in [2.24, 2.45) is 0 Å². The van der Waals surface area contributed by atoms with E-state index in [-0.39, 0.29) is 10.7 Å². The zero-order valence-electron chi connectivity index (χ0n) is 16.1. The Morgan fingerprint density at radius 1 is 1.32 bits per heavy atom. The zero-order chi connectivity index (χ0) is 20.7. The Kier molecular flexibility index (Phi) is 5.10. The third kappa shape index (κ3) is 3.56. The summed E-state index contributed by atoms with van der Waals surface area (Å²) in [6, 6.07) is 2.53. The predicted octanol–water partition coefficient (Wildman–Crippen LogP) is 3.18. The van der Waals surface area contributed by atoms with Crippen molar-refractivity contribution in [2.75, 3.05) is 13.1 Å². The van der Waals surface area contributed by atoms with Crippen molar-refractivity contribution in [1.29, 1.82) is 0 Å². The van der Waals surface area contributed by atoms with Crippen LogP contribution in [0, 0.1) is 0 Å². The molecule has 8 nitrogen and oxygen atoms in total. The number of nitrogens with one attached hydrogen (secondary N) is 1. The van der Waals surface area contributed by atoms with Crippen molar-refractivity contribution in [2.45, 2.75) is 44.8 Å². The molecule has 0 unspecified atom stereocenters. The fraction of sp³-hybridized carbons (Fsp3) is 0.474. The van der Waals surface area contributed by atoms with Gasteiger partial charge in [0.15, 0.2) is 5.60 Å². The molecule has 0 aliphatic carbocycles. The van der Waals surface area contributed by atoms with Gasteiger partial charge in [-0.3, -0.25) is 15.0 Å². The van der Waals surface area contributed by atoms with Crippen LogP contribution < -0.4 is 5.32 Å². The van der Waals surface area contributed by atoms with E-state index in [1.165, 1.54) is 17.2 Å². The molecular weight excluding hydrogens is 384 g/mol. The van der Waals surface area contributed by atoms with Gasteiger partial charge in [0, 0.05) is 37.7 Å². The van der Waals surface area contributed by atoms with Crippen LogP contribution in [0.3, 0.4) is 0 Å². The summed E-state index contributed by atoms with van der Waals surface area (Å²) in [7, 11) is 0. The van der Waals surface area contributed by atoms with Crippen LogP contribution in [0.25, 0.3) is 0 Å². The van der Waals surface area contributed by atoms with Gasteiger partial charge < -0.3 is 9.64 Å². The van der Waals surface area contributed by atoms with Gasteiger partial charge in [-0.15, -0.1) is 0 Å². The van der Waals surface area contributed by atoms with Gasteiger partial charge in [0.2, 0.25) is 0 Å². The Morgan fingerprint density at radius 3 is 2.50 bits per heavy atom. The standard InChI is InChI=1S/C19H23ClN4O4/c1-12-19(28-17(27)24(12)18(2,3)4)7-10-23(11-8-19)16(26)22-15(25)13-6-5-9-21-14(13)20/h5-6,9H,1,7-8,10-11H2,2-4H3,(H,22,25,26). The minimum atomic E-state index is -0.808. The topological polar surface area (TPSA) is 91.8 Å². The molecule has 2 fully saturated rings. The zero-order valence-corrected chi connectivity index (χ0v) is 16.9. The van der Waals surface area contributed by atoms with Crippen molar-refractivity contribution in [3.8, 4) is 0 Å². The van der Waals surface area contributed by atoms with Crippen LogP contribution in [0.1, 0.15) is 44.0 Å². The average Bonchev–Trinajstić information content (AvgIpc) is 2.85. The molecule has 2 saturated heterocycles. The molecule has 9 heteroatoms. The number of carbonyl (C=O) groups excluding carboxylic acids is 3. The molecule has 2 aliphatic rings. The van der Waals surface area contributed by atoms with E-state index < -0.39 is 29.2 Å². The van der Waals surface area contributed by atoms with Gasteiger partial charge in [0.25, 0.3) is 5.91 Å². The summed E-state index contributed by atoms with van der Waals surface area (Å²) < 4.78 is 5.67. The molecule has 0 bridgehead atoms. The number of urea groups is 1. The van der Waals surface area contributed by atoms with Crippen molar-refractivity contribution in [3.05, 3.63) is 41.3 Å². The van der Waals surface area contributed by atoms with E-state index in [1.54, 1.807) is 11.0 Å². The third-order valence-electron chi connectivity index (χ3n) is 5.01. The maximum Gasteiger partial charge on any atom is 0.415 e. The minimum Gasteiger partial charge on any atom is -0.436 e. The number of ether oxygens (including phenoxy) is 1. The lowest BCUT2D eigenvalue weighted by molar-refractivity contribution is 0.0233. The number of imide groups is 1. The first-order valence-corrected chi connectivity index (χ1v) is 9.36. The third-order valence-corrected chi connectivity index (χ3v) is 5.32. The Morgan fingerprint density at radius 2 is 1.96 bits per heavy atom. The highest BCUT2D eigenvalue weighted by Crippen LogP contribution is 2.43. The summed E-state index contributed by atoms with van der Waals surface area (Å²) in [5.74, 6) is -0.612. The van der Waals surface area contributed by atoms with Gasteiger partial charge in [0.1, 0.15) is 5.15 Å². The molecule has 0 radical (unpaired) electrons. The quantitative estimate of drug-likeness (QED) is 0.723. The van der Waals surface area contributed by atoms with Crippen LogP contribution in [-0.4, -0.2) is 57.0 Å². The first-order valence-electron chi connectivity index (χ1n) is 8.98. The van der Waals surface area contributed by atoms with Gasteiger partial charge in [-0.1, -0.05) is 18.2 Å². The fourth-order valence-electron chi connectivity index (χ4n) is 3.52. The van der Waals surface area contributed by atoms with Crippen LogP contribution in [0.15, 0.2) is 30.6 Å². The highest BCUT2D eigenvalue weighted by atomic mass is 35.5. The Hall–Kier alpha value is -2.61. The molecule has 3 heterocycles. The Labute approximate surface area is 168 Å². The van der Waals surface area contributed by atoms with Gasteiger partial charge in [-0.05, 0) is 32.9 Å². The van der Waals surface area contributed by atoms with Crippen LogP contribution >= 0.6 is 11.6 Å². The number of likely N-dealkylation sites (tertiary alicyclic amines) is 1. The highest BCUT2D eigenvalue weighted by molar-refractivity contribution is 6.33. The molecule has 1 aromatic rings. The van der Waals surface area contributed by atoms with Gasteiger partial charge in [-0.25, -0.2) is 14.6 Å². The largest absolute Gasteiger partial charge is 0.436 e. The number of hydrogen-bond donors (Lipinski definition) is 1. The lowest BCUT2D eigenvalue weighted by Gasteiger charge is -2.39. The van der Waals surface area contributed by atoms with Crippen molar-refractivity contribution in [1.82, 2.24) is 20.1 Å². The van der Waals surface area contributed by atoms with E-state index >= 15 is 0 Å². The predicted molar refractivity (Wildman–Crippen MR) is 103 cm³/mol. The van der Waals surface area contributed by atoms with Crippen molar-refractivity contribution < 1.29 is 19.1 Å². The van der Waals surface area contributed by atoms with E-state index in [9.17, 15) is 14.4 Å². The summed E-state index contributed by atoms with van der Waals surface area (Å²) in [6.45, 7) is 10.5. The number of hydrogen-bond acceptors (Lipinski definition) is 5. The molecular formula is C19H23ClN4O4. The molecule has 2 aliphatic heterocycles. The van der Waals surface area contributed by atoms with E-state index in [1.807, 2.05) is 20.8 Å². The van der Waals surface area contributed by atoms with Crippen LogP contribution in [-0.2, 0) is 4.74 Å². The second-order valence-electron chi connectivity index (χ2n) is 7.90. The van der Waals surface area contributed by atoms with Crippen LogP contribution in [0.4, 0.5) is 9.59 Å². The van der Waals surface area contributed by atoms with Gasteiger partial charge in [-0.2, -0.15) is 0 Å².